The van der Waals surface area contributed by atoms with Gasteiger partial charge >= 0.3 is 0 Å². The number of rotatable bonds is 2. The molecule has 0 spiro atoms. The molecular formula is C12H16O2S. The first-order chi connectivity index (χ1) is 7.16. The maximum absolute atomic E-state index is 10.5. The molecule has 15 heavy (non-hydrogen) atoms. The lowest BCUT2D eigenvalue weighted by Gasteiger charge is -2.27. The fourth-order valence-corrected chi connectivity index (χ4v) is 3.30. The highest BCUT2D eigenvalue weighted by molar-refractivity contribution is 8.00. The molecule has 0 amide bonds. The Morgan fingerprint density at radius 2 is 2.07 bits per heavy atom. The van der Waals surface area contributed by atoms with Crippen molar-refractivity contribution in [2.75, 3.05) is 12.9 Å². The summed E-state index contributed by atoms with van der Waals surface area (Å²) in [6.45, 7) is 2.09. The average Bonchev–Trinajstić information content (AvgIpc) is 2.61. The summed E-state index contributed by atoms with van der Waals surface area (Å²) in [6.07, 6.45) is 0.838. The lowest BCUT2D eigenvalue weighted by atomic mass is 9.88. The van der Waals surface area contributed by atoms with Gasteiger partial charge in [-0.3, -0.25) is 0 Å². The molecule has 1 N–H and O–H groups in total. The van der Waals surface area contributed by atoms with E-state index in [0.29, 0.717) is 0 Å². The highest BCUT2D eigenvalue weighted by Gasteiger charge is 2.40. The molecule has 2 rings (SSSR count). The highest BCUT2D eigenvalue weighted by Crippen LogP contribution is 2.43. The monoisotopic (exact) mass is 224 g/mol. The minimum Gasteiger partial charge on any atom is -0.497 e. The number of methoxy groups -OCH3 is 1. The molecule has 0 bridgehead atoms. The van der Waals surface area contributed by atoms with Gasteiger partial charge in [-0.05, 0) is 29.9 Å². The molecule has 1 aromatic carbocycles. The van der Waals surface area contributed by atoms with Crippen LogP contribution in [0.15, 0.2) is 24.3 Å². The lowest BCUT2D eigenvalue weighted by molar-refractivity contribution is 0.0427. The molecule has 1 fully saturated rings. The minimum atomic E-state index is -0.656. The van der Waals surface area contributed by atoms with Gasteiger partial charge in [-0.2, -0.15) is 11.8 Å². The standard InChI is InChI=1S/C12H16O2S/c1-9-12(13,7-8-15-9)10-3-5-11(14-2)6-4-10/h3-6,9,13H,7-8H2,1-2H3/t9-,12+/m0/s1. The minimum absolute atomic E-state index is 0.269. The van der Waals surface area contributed by atoms with Crippen LogP contribution in [-0.2, 0) is 5.60 Å². The highest BCUT2D eigenvalue weighted by atomic mass is 32.2. The van der Waals surface area contributed by atoms with Gasteiger partial charge < -0.3 is 9.84 Å². The summed E-state index contributed by atoms with van der Waals surface area (Å²) < 4.78 is 5.10. The van der Waals surface area contributed by atoms with Crippen molar-refractivity contribution < 1.29 is 9.84 Å². The number of hydrogen-bond donors (Lipinski definition) is 1. The van der Waals surface area contributed by atoms with Crippen LogP contribution >= 0.6 is 11.8 Å². The molecule has 2 nitrogen and oxygen atoms in total. The fraction of sp³-hybridized carbons (Fsp3) is 0.500. The predicted octanol–water partition coefficient (Wildman–Crippen LogP) is 2.41. The number of thioether (sulfide) groups is 1. The molecule has 0 radical (unpaired) electrons. The van der Waals surface area contributed by atoms with E-state index in [1.54, 1.807) is 7.11 Å². The van der Waals surface area contributed by atoms with E-state index in [1.165, 1.54) is 0 Å². The summed E-state index contributed by atoms with van der Waals surface area (Å²) in [7, 11) is 1.65. The molecular weight excluding hydrogens is 208 g/mol. The van der Waals surface area contributed by atoms with Gasteiger partial charge in [0, 0.05) is 5.25 Å². The van der Waals surface area contributed by atoms with Gasteiger partial charge in [-0.25, -0.2) is 0 Å². The van der Waals surface area contributed by atoms with Crippen molar-refractivity contribution in [3.05, 3.63) is 29.8 Å². The van der Waals surface area contributed by atoms with E-state index in [2.05, 4.69) is 6.92 Å². The van der Waals surface area contributed by atoms with E-state index in [4.69, 9.17) is 4.74 Å². The molecule has 3 heteroatoms. The van der Waals surface area contributed by atoms with E-state index in [9.17, 15) is 5.11 Å². The topological polar surface area (TPSA) is 29.5 Å². The van der Waals surface area contributed by atoms with Crippen LogP contribution in [0.3, 0.4) is 0 Å². The van der Waals surface area contributed by atoms with Crippen molar-refractivity contribution in [1.29, 1.82) is 0 Å². The third-order valence-corrected chi connectivity index (χ3v) is 4.44. The first-order valence-electron chi connectivity index (χ1n) is 5.15. The van der Waals surface area contributed by atoms with Crippen molar-refractivity contribution in [3.8, 4) is 5.75 Å². The molecule has 1 heterocycles. The first kappa shape index (κ1) is 10.8. The molecule has 1 aliphatic heterocycles. The average molecular weight is 224 g/mol. The Morgan fingerprint density at radius 1 is 1.40 bits per heavy atom. The maximum atomic E-state index is 10.5. The third-order valence-electron chi connectivity index (χ3n) is 3.11. The summed E-state index contributed by atoms with van der Waals surface area (Å²) in [4.78, 5) is 0. The van der Waals surface area contributed by atoms with Gasteiger partial charge in [-0.1, -0.05) is 19.1 Å². The molecule has 82 valence electrons. The van der Waals surface area contributed by atoms with Gasteiger partial charge in [-0.15, -0.1) is 0 Å². The smallest absolute Gasteiger partial charge is 0.118 e. The lowest BCUT2D eigenvalue weighted by Crippen LogP contribution is -2.31. The summed E-state index contributed by atoms with van der Waals surface area (Å²) in [5.74, 6) is 1.87. The Kier molecular flexibility index (Phi) is 2.94. The zero-order chi connectivity index (χ0) is 10.9. The summed E-state index contributed by atoms with van der Waals surface area (Å²) in [5.41, 5.74) is 0.345. The first-order valence-corrected chi connectivity index (χ1v) is 6.20. The van der Waals surface area contributed by atoms with Gasteiger partial charge in [0.25, 0.3) is 0 Å². The fourth-order valence-electron chi connectivity index (χ4n) is 1.99. The van der Waals surface area contributed by atoms with Crippen molar-refractivity contribution in [1.82, 2.24) is 0 Å². The zero-order valence-corrected chi connectivity index (χ0v) is 9.88. The Balaban J connectivity index is 2.28. The van der Waals surface area contributed by atoms with Gasteiger partial charge in [0.2, 0.25) is 0 Å². The predicted molar refractivity (Wildman–Crippen MR) is 63.4 cm³/mol. The van der Waals surface area contributed by atoms with Gasteiger partial charge in [0.1, 0.15) is 11.4 Å². The molecule has 2 atom stereocenters. The molecule has 1 aromatic rings. The third kappa shape index (κ3) is 1.86. The van der Waals surface area contributed by atoms with Crippen molar-refractivity contribution >= 4 is 11.8 Å². The van der Waals surface area contributed by atoms with Crippen LogP contribution in [0.2, 0.25) is 0 Å². The molecule has 0 saturated carbocycles. The molecule has 1 saturated heterocycles. The van der Waals surface area contributed by atoms with Crippen LogP contribution in [0.25, 0.3) is 0 Å². The normalized spacial score (nSPS) is 30.5. The number of hydrogen-bond acceptors (Lipinski definition) is 3. The second-order valence-electron chi connectivity index (χ2n) is 3.92. The zero-order valence-electron chi connectivity index (χ0n) is 9.06. The molecule has 0 aromatic heterocycles. The number of benzene rings is 1. The van der Waals surface area contributed by atoms with Crippen LogP contribution in [0.1, 0.15) is 18.9 Å². The quantitative estimate of drug-likeness (QED) is 0.836. The SMILES string of the molecule is COc1ccc([C@@]2(O)CCS[C@H]2C)cc1. The van der Waals surface area contributed by atoms with E-state index in [0.717, 1.165) is 23.5 Å². The van der Waals surface area contributed by atoms with E-state index in [1.807, 2.05) is 36.0 Å². The number of ether oxygens (including phenoxy) is 1. The van der Waals surface area contributed by atoms with Crippen LogP contribution in [0.5, 0.6) is 5.75 Å². The Morgan fingerprint density at radius 3 is 2.53 bits per heavy atom. The van der Waals surface area contributed by atoms with E-state index >= 15 is 0 Å². The van der Waals surface area contributed by atoms with Crippen molar-refractivity contribution in [2.45, 2.75) is 24.2 Å². The van der Waals surface area contributed by atoms with Crippen LogP contribution in [0.4, 0.5) is 0 Å². The van der Waals surface area contributed by atoms with Crippen LogP contribution < -0.4 is 4.74 Å². The second kappa shape index (κ2) is 4.06. The van der Waals surface area contributed by atoms with Gasteiger partial charge in [0.15, 0.2) is 0 Å². The Hall–Kier alpha value is -0.670. The van der Waals surface area contributed by atoms with E-state index < -0.39 is 5.60 Å². The maximum Gasteiger partial charge on any atom is 0.118 e. The van der Waals surface area contributed by atoms with Gasteiger partial charge in [0.05, 0.1) is 7.11 Å². The van der Waals surface area contributed by atoms with Crippen molar-refractivity contribution in [3.63, 3.8) is 0 Å². The largest absolute Gasteiger partial charge is 0.497 e. The van der Waals surface area contributed by atoms with Crippen LogP contribution in [0, 0.1) is 0 Å². The molecule has 0 unspecified atom stereocenters. The Labute approximate surface area is 94.6 Å². The summed E-state index contributed by atoms with van der Waals surface area (Å²) >= 11 is 1.83. The summed E-state index contributed by atoms with van der Waals surface area (Å²) in [5, 5.41) is 10.8. The Bertz CT molecular complexity index is 336. The van der Waals surface area contributed by atoms with E-state index in [-0.39, 0.29) is 5.25 Å². The molecule has 0 aliphatic carbocycles. The summed E-state index contributed by atoms with van der Waals surface area (Å²) in [6, 6.07) is 7.73. The second-order valence-corrected chi connectivity index (χ2v) is 5.36. The van der Waals surface area contributed by atoms with Crippen LogP contribution in [-0.4, -0.2) is 23.2 Å². The molecule has 1 aliphatic rings. The van der Waals surface area contributed by atoms with Crippen molar-refractivity contribution in [2.24, 2.45) is 0 Å². The number of aliphatic hydroxyl groups is 1.